The van der Waals surface area contributed by atoms with Crippen molar-refractivity contribution in [2.75, 3.05) is 33.0 Å². The second kappa shape index (κ2) is 22.2. The summed E-state index contributed by atoms with van der Waals surface area (Å²) in [5.41, 5.74) is 1.22. The van der Waals surface area contributed by atoms with E-state index in [1.165, 1.54) is 96.3 Å². The van der Waals surface area contributed by atoms with Crippen molar-refractivity contribution in [1.29, 1.82) is 0 Å². The Morgan fingerprint density at radius 2 is 1.46 bits per heavy atom. The second-order valence-electron chi connectivity index (χ2n) is 10.7. The molecule has 1 aromatic heterocycles. The van der Waals surface area contributed by atoms with Crippen LogP contribution in [-0.4, -0.2) is 49.0 Å². The number of hydrogen-bond acceptors (Lipinski definition) is 7. The lowest BCUT2D eigenvalue weighted by atomic mass is 9.96. The van der Waals surface area contributed by atoms with Gasteiger partial charge in [-0.05, 0) is 13.3 Å². The average molecular weight is 594 g/mol. The molecule has 1 aromatic rings. The highest BCUT2D eigenvalue weighted by Crippen LogP contribution is 2.46. The lowest BCUT2D eigenvalue weighted by Crippen LogP contribution is -2.55. The number of thiazole rings is 1. The van der Waals surface area contributed by atoms with Gasteiger partial charge in [0.25, 0.3) is 0 Å². The second-order valence-corrected chi connectivity index (χ2v) is 12.9. The zero-order valence-corrected chi connectivity index (χ0v) is 26.3. The standard InChI is InChI=1S/C29H54NO6PS.H2O/c1-3-5-6-7-8-9-10-11-12-13-14-15-16-17-18-19-22-33-25-29(26-36-37(31,32)35-4-2)28(20-23-34-29)30-21-24-38-27-30;/h21,24,27-28H,3-20,22-23,25-26H2,1-2H3;1H2. The molecule has 0 spiro atoms. The molecule has 1 aliphatic rings. The Kier molecular flexibility index (Phi) is 20.9. The zero-order valence-electron chi connectivity index (χ0n) is 24.6. The number of hydrogen-bond donors (Lipinski definition) is 1. The van der Waals surface area contributed by atoms with Gasteiger partial charge in [-0.15, -0.1) is 0 Å². The van der Waals surface area contributed by atoms with Crippen molar-refractivity contribution in [2.24, 2.45) is 0 Å². The van der Waals surface area contributed by atoms with Crippen LogP contribution in [0.3, 0.4) is 0 Å². The normalized spacial score (nSPS) is 20.6. The third kappa shape index (κ3) is 15.4. The molecule has 1 aliphatic heterocycles. The first-order valence-electron chi connectivity index (χ1n) is 15.3. The Hall–Kier alpha value is -0.380. The Balaban J connectivity index is 0.00000760. The molecule has 0 saturated carbocycles. The summed E-state index contributed by atoms with van der Waals surface area (Å²) >= 11 is 1.61. The van der Waals surface area contributed by atoms with Gasteiger partial charge in [0, 0.05) is 13.0 Å². The van der Waals surface area contributed by atoms with Gasteiger partial charge in [0.1, 0.15) is 0 Å². The number of ether oxygens (including phenoxy) is 2. The smallest absolute Gasteiger partial charge is 0.472 e. The van der Waals surface area contributed by atoms with Crippen LogP contribution in [0.4, 0.5) is 0 Å². The van der Waals surface area contributed by atoms with Crippen molar-refractivity contribution >= 4 is 19.2 Å². The Bertz CT molecular complexity index is 739. The van der Waals surface area contributed by atoms with Gasteiger partial charge < -0.3 is 19.8 Å². The molecule has 0 aliphatic carbocycles. The molecule has 1 fully saturated rings. The van der Waals surface area contributed by atoms with Crippen LogP contribution in [0, 0.1) is 0 Å². The van der Waals surface area contributed by atoms with Crippen LogP contribution in [-0.2, 0) is 23.1 Å². The summed E-state index contributed by atoms with van der Waals surface area (Å²) in [6, 6.07) is -0.0128. The summed E-state index contributed by atoms with van der Waals surface area (Å²) in [4.78, 5) is 9.94. The van der Waals surface area contributed by atoms with E-state index in [4.69, 9.17) is 18.5 Å². The third-order valence-electron chi connectivity index (χ3n) is 7.49. The van der Waals surface area contributed by atoms with Crippen molar-refractivity contribution in [3.63, 3.8) is 0 Å². The fourth-order valence-corrected chi connectivity index (χ4v) is 6.70. The molecule has 2 heterocycles. The fourth-order valence-electron chi connectivity index (χ4n) is 5.28. The number of rotatable bonds is 25. The molecule has 3 unspecified atom stereocenters. The van der Waals surface area contributed by atoms with Gasteiger partial charge in [-0.2, -0.15) is 4.57 Å². The molecule has 230 valence electrons. The molecule has 39 heavy (non-hydrogen) atoms. The molecule has 1 saturated heterocycles. The van der Waals surface area contributed by atoms with E-state index in [0.29, 0.717) is 19.8 Å². The molecule has 2 N–H and O–H groups in total. The molecule has 0 bridgehead atoms. The van der Waals surface area contributed by atoms with Crippen LogP contribution in [0.1, 0.15) is 129 Å². The van der Waals surface area contributed by atoms with Crippen LogP contribution in [0.2, 0.25) is 0 Å². The first kappa shape index (κ1) is 36.6. The Morgan fingerprint density at radius 3 is 1.97 bits per heavy atom. The SMILES string of the molecule is CCCCCCCCCCCCCCCCCCOCC1(COP(=O)(O)OCC)OCCC1[n+]1ccsc1.[OH-]. The van der Waals surface area contributed by atoms with E-state index in [9.17, 15) is 9.46 Å². The lowest BCUT2D eigenvalue weighted by molar-refractivity contribution is -0.728. The van der Waals surface area contributed by atoms with Crippen LogP contribution >= 0.6 is 19.2 Å². The maximum atomic E-state index is 12.2. The Labute approximate surface area is 241 Å². The lowest BCUT2D eigenvalue weighted by Gasteiger charge is -2.30. The van der Waals surface area contributed by atoms with Crippen molar-refractivity contribution in [1.82, 2.24) is 0 Å². The van der Waals surface area contributed by atoms with E-state index in [2.05, 4.69) is 11.5 Å². The van der Waals surface area contributed by atoms with E-state index in [0.717, 1.165) is 12.8 Å². The molecule has 8 nitrogen and oxygen atoms in total. The highest BCUT2D eigenvalue weighted by Gasteiger charge is 2.52. The highest BCUT2D eigenvalue weighted by atomic mass is 32.1. The van der Waals surface area contributed by atoms with Gasteiger partial charge in [-0.1, -0.05) is 115 Å². The van der Waals surface area contributed by atoms with Gasteiger partial charge >= 0.3 is 7.82 Å². The average Bonchev–Trinajstić information content (AvgIpc) is 3.57. The molecule has 0 radical (unpaired) electrons. The molecular formula is C29H56NO7PS. The van der Waals surface area contributed by atoms with E-state index in [1.807, 2.05) is 17.1 Å². The summed E-state index contributed by atoms with van der Waals surface area (Å²) in [5.74, 6) is 0. The summed E-state index contributed by atoms with van der Waals surface area (Å²) < 4.78 is 36.7. The van der Waals surface area contributed by atoms with Crippen molar-refractivity contribution < 1.29 is 38.0 Å². The summed E-state index contributed by atoms with van der Waals surface area (Å²) in [6.07, 6.45) is 24.3. The molecule has 2 rings (SSSR count). The van der Waals surface area contributed by atoms with Crippen LogP contribution in [0.25, 0.3) is 0 Å². The summed E-state index contributed by atoms with van der Waals surface area (Å²) in [6.45, 7) is 5.55. The Morgan fingerprint density at radius 1 is 0.897 bits per heavy atom. The number of phosphoric acid groups is 1. The van der Waals surface area contributed by atoms with Crippen molar-refractivity contribution in [3.8, 4) is 0 Å². The number of aromatic nitrogens is 1. The van der Waals surface area contributed by atoms with Gasteiger partial charge in [-0.25, -0.2) is 4.57 Å². The number of unbranched alkanes of at least 4 members (excludes halogenated alkanes) is 15. The fraction of sp³-hybridized carbons (Fsp3) is 0.897. The van der Waals surface area contributed by atoms with Crippen LogP contribution < -0.4 is 4.57 Å². The first-order chi connectivity index (χ1) is 18.5. The highest BCUT2D eigenvalue weighted by molar-refractivity contribution is 7.47. The minimum absolute atomic E-state index is 0. The maximum absolute atomic E-state index is 12.2. The van der Waals surface area contributed by atoms with Crippen LogP contribution in [0.5, 0.6) is 0 Å². The minimum Gasteiger partial charge on any atom is -0.870 e. The number of nitrogens with zero attached hydrogens (tertiary/aromatic N) is 1. The van der Waals surface area contributed by atoms with Gasteiger partial charge in [0.2, 0.25) is 5.51 Å². The van der Waals surface area contributed by atoms with Gasteiger partial charge in [0.05, 0.1) is 31.8 Å². The topological polar surface area (TPSA) is 108 Å². The zero-order chi connectivity index (χ0) is 27.4. The molecule has 3 atom stereocenters. The largest absolute Gasteiger partial charge is 0.870 e. The predicted molar refractivity (Wildman–Crippen MR) is 157 cm³/mol. The van der Waals surface area contributed by atoms with E-state index in [1.54, 1.807) is 18.3 Å². The quantitative estimate of drug-likeness (QED) is 0.0695. The maximum Gasteiger partial charge on any atom is 0.472 e. The predicted octanol–water partition coefficient (Wildman–Crippen LogP) is 7.99. The molecule has 10 heteroatoms. The molecule has 0 aromatic carbocycles. The van der Waals surface area contributed by atoms with Gasteiger partial charge in [0.15, 0.2) is 17.8 Å². The summed E-state index contributed by atoms with van der Waals surface area (Å²) in [7, 11) is -4.11. The third-order valence-corrected chi connectivity index (χ3v) is 9.18. The van der Waals surface area contributed by atoms with E-state index >= 15 is 0 Å². The molecular weight excluding hydrogens is 537 g/mol. The first-order valence-corrected chi connectivity index (χ1v) is 17.7. The van der Waals surface area contributed by atoms with E-state index in [-0.39, 0.29) is 24.7 Å². The minimum atomic E-state index is -4.11. The number of phosphoric ester groups is 1. The van der Waals surface area contributed by atoms with Crippen molar-refractivity contribution in [2.45, 2.75) is 135 Å². The molecule has 0 amide bonds. The van der Waals surface area contributed by atoms with Gasteiger partial charge in [-0.3, -0.25) is 9.05 Å². The van der Waals surface area contributed by atoms with Crippen LogP contribution in [0.15, 0.2) is 17.1 Å². The summed E-state index contributed by atoms with van der Waals surface area (Å²) in [5, 5.41) is 2.01. The van der Waals surface area contributed by atoms with Crippen molar-refractivity contribution in [3.05, 3.63) is 17.1 Å². The monoisotopic (exact) mass is 593 g/mol. The van der Waals surface area contributed by atoms with E-state index < -0.39 is 13.4 Å².